The van der Waals surface area contributed by atoms with E-state index in [0.29, 0.717) is 27.8 Å². The first-order valence-corrected chi connectivity index (χ1v) is 8.76. The monoisotopic (exact) mass is 370 g/mol. The van der Waals surface area contributed by atoms with Crippen molar-refractivity contribution in [1.82, 2.24) is 4.90 Å². The second-order valence-electron chi connectivity index (χ2n) is 4.96. The van der Waals surface area contributed by atoms with Crippen LogP contribution in [0.3, 0.4) is 0 Å². The zero-order valence-corrected chi connectivity index (χ0v) is 14.3. The van der Waals surface area contributed by atoms with E-state index in [0.717, 1.165) is 5.75 Å². The lowest BCUT2D eigenvalue weighted by atomic mass is 10.2. The summed E-state index contributed by atoms with van der Waals surface area (Å²) < 4.78 is 14.0. The fourth-order valence-electron chi connectivity index (χ4n) is 2.41. The summed E-state index contributed by atoms with van der Waals surface area (Å²) in [5.74, 6) is 0.420. The van der Waals surface area contributed by atoms with E-state index >= 15 is 0 Å². The number of nitrogens with one attached hydrogen (secondary N) is 1. The molecule has 0 radical (unpaired) electrons. The van der Waals surface area contributed by atoms with Crippen molar-refractivity contribution < 1.29 is 9.18 Å². The van der Waals surface area contributed by atoms with Gasteiger partial charge in [0.2, 0.25) is 0 Å². The fraction of sp³-hybridized carbons (Fsp3) is 0.188. The minimum absolute atomic E-state index is 0.319. The summed E-state index contributed by atoms with van der Waals surface area (Å²) in [6.07, 6.45) is 0. The molecule has 2 aromatic carbocycles. The summed E-state index contributed by atoms with van der Waals surface area (Å²) in [6.45, 7) is 0.525. The number of urea groups is 1. The molecular weight excluding hydrogens is 358 g/mol. The largest absolute Gasteiger partial charge is 0.323 e. The van der Waals surface area contributed by atoms with Gasteiger partial charge in [-0.25, -0.2) is 9.18 Å². The molecule has 23 heavy (non-hydrogen) atoms. The molecule has 2 amide bonds. The zero-order valence-electron chi connectivity index (χ0n) is 11.9. The Morgan fingerprint density at radius 2 is 1.87 bits per heavy atom. The van der Waals surface area contributed by atoms with Gasteiger partial charge in [-0.1, -0.05) is 47.5 Å². The molecule has 0 saturated carbocycles. The van der Waals surface area contributed by atoms with Gasteiger partial charge in [0.05, 0.1) is 15.7 Å². The van der Waals surface area contributed by atoms with Gasteiger partial charge in [-0.3, -0.25) is 0 Å². The van der Waals surface area contributed by atoms with Gasteiger partial charge in [-0.05, 0) is 18.2 Å². The van der Waals surface area contributed by atoms with Gasteiger partial charge >= 0.3 is 6.03 Å². The molecule has 1 N–H and O–H groups in total. The van der Waals surface area contributed by atoms with Crippen molar-refractivity contribution in [2.24, 2.45) is 0 Å². The van der Waals surface area contributed by atoms with Gasteiger partial charge in [0.15, 0.2) is 0 Å². The van der Waals surface area contributed by atoms with Gasteiger partial charge in [0.25, 0.3) is 0 Å². The highest BCUT2D eigenvalue weighted by atomic mass is 35.5. The minimum atomic E-state index is -0.363. The Kier molecular flexibility index (Phi) is 4.99. The predicted octanol–water partition coefficient (Wildman–Crippen LogP) is 5.41. The fourth-order valence-corrected chi connectivity index (χ4v) is 4.18. The van der Waals surface area contributed by atoms with Crippen molar-refractivity contribution in [3.05, 3.63) is 63.9 Å². The van der Waals surface area contributed by atoms with Crippen LogP contribution in [-0.2, 0) is 0 Å². The Bertz CT molecular complexity index is 724. The highest BCUT2D eigenvalue weighted by molar-refractivity contribution is 7.99. The second kappa shape index (κ2) is 6.99. The van der Waals surface area contributed by atoms with E-state index in [9.17, 15) is 9.18 Å². The summed E-state index contributed by atoms with van der Waals surface area (Å²) in [5, 5.41) is 3.09. The van der Waals surface area contributed by atoms with E-state index in [1.807, 2.05) is 0 Å². The summed E-state index contributed by atoms with van der Waals surface area (Å²) in [6, 6.07) is 11.1. The Labute approximate surface area is 147 Å². The number of carbonyl (C=O) groups excluding carboxylic acids is 1. The number of anilines is 1. The molecule has 3 nitrogen and oxygen atoms in total. The molecule has 1 heterocycles. The molecule has 120 valence electrons. The number of rotatable bonds is 2. The molecule has 0 bridgehead atoms. The normalized spacial score (nSPS) is 17.3. The maximum absolute atomic E-state index is 14.0. The van der Waals surface area contributed by atoms with E-state index in [-0.39, 0.29) is 17.2 Å². The van der Waals surface area contributed by atoms with Crippen molar-refractivity contribution in [3.63, 3.8) is 0 Å². The number of hydrogen-bond acceptors (Lipinski definition) is 2. The molecule has 1 atom stereocenters. The SMILES string of the molecule is O=C(Nc1c(Cl)cccc1Cl)N1CCSC1c1ccccc1F. The van der Waals surface area contributed by atoms with E-state index in [4.69, 9.17) is 23.2 Å². The Morgan fingerprint density at radius 1 is 1.17 bits per heavy atom. The molecule has 0 spiro atoms. The number of amides is 2. The van der Waals surface area contributed by atoms with E-state index in [1.54, 1.807) is 41.3 Å². The summed E-state index contributed by atoms with van der Waals surface area (Å²) in [7, 11) is 0. The highest BCUT2D eigenvalue weighted by Gasteiger charge is 2.32. The van der Waals surface area contributed by atoms with Crippen molar-refractivity contribution in [2.75, 3.05) is 17.6 Å². The smallest absolute Gasteiger partial charge is 0.307 e. The summed E-state index contributed by atoms with van der Waals surface area (Å²) in [4.78, 5) is 14.2. The molecular formula is C16H13Cl2FN2OS. The van der Waals surface area contributed by atoms with Crippen LogP contribution in [0.15, 0.2) is 42.5 Å². The van der Waals surface area contributed by atoms with Gasteiger partial charge in [0.1, 0.15) is 11.2 Å². The lowest BCUT2D eigenvalue weighted by molar-refractivity contribution is 0.213. The molecule has 1 fully saturated rings. The number of nitrogens with zero attached hydrogens (tertiary/aromatic N) is 1. The Balaban J connectivity index is 1.83. The topological polar surface area (TPSA) is 32.3 Å². The van der Waals surface area contributed by atoms with Gasteiger partial charge < -0.3 is 10.2 Å². The molecule has 1 unspecified atom stereocenters. The molecule has 3 rings (SSSR count). The van der Waals surface area contributed by atoms with Crippen LogP contribution in [0.1, 0.15) is 10.9 Å². The van der Waals surface area contributed by atoms with Crippen LogP contribution in [0.4, 0.5) is 14.9 Å². The van der Waals surface area contributed by atoms with Crippen LogP contribution in [-0.4, -0.2) is 23.2 Å². The van der Waals surface area contributed by atoms with Crippen LogP contribution < -0.4 is 5.32 Å². The molecule has 1 aliphatic heterocycles. The van der Waals surface area contributed by atoms with Gasteiger partial charge in [-0.2, -0.15) is 0 Å². The molecule has 7 heteroatoms. The maximum atomic E-state index is 14.0. The average molecular weight is 371 g/mol. The first kappa shape index (κ1) is 16.4. The maximum Gasteiger partial charge on any atom is 0.323 e. The molecule has 1 aliphatic rings. The number of hydrogen-bond donors (Lipinski definition) is 1. The lowest BCUT2D eigenvalue weighted by Crippen LogP contribution is -2.34. The number of halogens is 3. The summed E-state index contributed by atoms with van der Waals surface area (Å²) in [5.41, 5.74) is 0.862. The van der Waals surface area contributed by atoms with Crippen LogP contribution >= 0.6 is 35.0 Å². The standard InChI is InChI=1S/C16H13Cl2FN2OS/c17-11-5-3-6-12(18)14(11)20-16(22)21-8-9-23-15(21)10-4-1-2-7-13(10)19/h1-7,15H,8-9H2,(H,20,22). The zero-order chi connectivity index (χ0) is 16.4. The van der Waals surface area contributed by atoms with Crippen molar-refractivity contribution in [3.8, 4) is 0 Å². The highest BCUT2D eigenvalue weighted by Crippen LogP contribution is 2.40. The number of benzene rings is 2. The van der Waals surface area contributed by atoms with Crippen LogP contribution in [0, 0.1) is 5.82 Å². The minimum Gasteiger partial charge on any atom is -0.307 e. The average Bonchev–Trinajstić information content (AvgIpc) is 3.01. The Hall–Kier alpha value is -1.43. The van der Waals surface area contributed by atoms with Gasteiger partial charge in [0, 0.05) is 17.9 Å². The molecule has 2 aromatic rings. The van der Waals surface area contributed by atoms with Crippen molar-refractivity contribution >= 4 is 46.7 Å². The molecule has 0 aliphatic carbocycles. The van der Waals surface area contributed by atoms with E-state index < -0.39 is 0 Å². The third-order valence-electron chi connectivity index (χ3n) is 3.52. The number of para-hydroxylation sites is 1. The van der Waals surface area contributed by atoms with Crippen molar-refractivity contribution in [2.45, 2.75) is 5.37 Å². The first-order chi connectivity index (χ1) is 11.1. The number of carbonyl (C=O) groups is 1. The quantitative estimate of drug-likeness (QED) is 0.765. The molecule has 0 aromatic heterocycles. The van der Waals surface area contributed by atoms with E-state index in [1.165, 1.54) is 17.8 Å². The second-order valence-corrected chi connectivity index (χ2v) is 6.97. The molecule has 1 saturated heterocycles. The first-order valence-electron chi connectivity index (χ1n) is 6.95. The van der Waals surface area contributed by atoms with E-state index in [2.05, 4.69) is 5.32 Å². The third-order valence-corrected chi connectivity index (χ3v) is 5.39. The van der Waals surface area contributed by atoms with Crippen LogP contribution in [0.25, 0.3) is 0 Å². The summed E-state index contributed by atoms with van der Waals surface area (Å²) >= 11 is 13.7. The van der Waals surface area contributed by atoms with Gasteiger partial charge in [-0.15, -0.1) is 11.8 Å². The third kappa shape index (κ3) is 3.42. The van der Waals surface area contributed by atoms with Crippen LogP contribution in [0.5, 0.6) is 0 Å². The lowest BCUT2D eigenvalue weighted by Gasteiger charge is -2.25. The van der Waals surface area contributed by atoms with Crippen molar-refractivity contribution in [1.29, 1.82) is 0 Å². The Morgan fingerprint density at radius 3 is 2.57 bits per heavy atom. The number of thioether (sulfide) groups is 1. The van der Waals surface area contributed by atoms with Crippen LogP contribution in [0.2, 0.25) is 10.0 Å². The predicted molar refractivity (Wildman–Crippen MR) is 93.8 cm³/mol.